The molecule has 0 radical (unpaired) electrons. The van der Waals surface area contributed by atoms with Gasteiger partial charge in [0, 0.05) is 4.47 Å². The molecule has 6 nitrogen and oxygen atoms in total. The normalized spacial score (nSPS) is 11.2. The maximum absolute atomic E-state index is 12.4. The number of nitrogens with zero attached hydrogens (tertiary/aromatic N) is 2. The van der Waals surface area contributed by atoms with E-state index in [9.17, 15) is 8.42 Å². The van der Waals surface area contributed by atoms with Crippen molar-refractivity contribution >= 4 is 31.6 Å². The van der Waals surface area contributed by atoms with Crippen LogP contribution in [0.2, 0.25) is 0 Å². The highest BCUT2D eigenvalue weighted by Crippen LogP contribution is 2.23. The van der Waals surface area contributed by atoms with Crippen molar-refractivity contribution in [1.82, 2.24) is 9.97 Å². The number of methoxy groups -OCH3 is 1. The van der Waals surface area contributed by atoms with Crippen LogP contribution in [0.5, 0.6) is 6.01 Å². The molecule has 21 heavy (non-hydrogen) atoms. The van der Waals surface area contributed by atoms with Gasteiger partial charge in [0.1, 0.15) is 0 Å². The lowest BCUT2D eigenvalue weighted by Crippen LogP contribution is -2.16. The highest BCUT2D eigenvalue weighted by Gasteiger charge is 2.18. The summed E-state index contributed by atoms with van der Waals surface area (Å²) in [6, 6.07) is 6.57. The average molecular weight is 372 g/mol. The Morgan fingerprint density at radius 1 is 1.10 bits per heavy atom. The van der Waals surface area contributed by atoms with Crippen LogP contribution >= 0.6 is 15.9 Å². The van der Waals surface area contributed by atoms with Gasteiger partial charge in [-0.05, 0) is 38.1 Å². The molecule has 0 spiro atoms. The molecule has 0 saturated heterocycles. The summed E-state index contributed by atoms with van der Waals surface area (Å²) >= 11 is 3.27. The van der Waals surface area contributed by atoms with Crippen LogP contribution in [0.1, 0.15) is 11.4 Å². The predicted octanol–water partition coefficient (Wildman–Crippen LogP) is 2.67. The second-order valence-electron chi connectivity index (χ2n) is 4.32. The van der Waals surface area contributed by atoms with E-state index in [4.69, 9.17) is 4.74 Å². The number of aromatic nitrogens is 2. The number of aryl methyl sites for hydroxylation is 2. The first-order valence-corrected chi connectivity index (χ1v) is 8.28. The van der Waals surface area contributed by atoms with E-state index in [1.165, 1.54) is 19.2 Å². The molecule has 0 aliphatic heterocycles. The average Bonchev–Trinajstić information content (AvgIpc) is 2.43. The zero-order chi connectivity index (χ0) is 15.6. The summed E-state index contributed by atoms with van der Waals surface area (Å²) in [4.78, 5) is 8.32. The number of anilines is 1. The van der Waals surface area contributed by atoms with Gasteiger partial charge in [0.25, 0.3) is 10.0 Å². The van der Waals surface area contributed by atoms with Crippen LogP contribution in [-0.4, -0.2) is 25.5 Å². The Morgan fingerprint density at radius 2 is 1.62 bits per heavy atom. The zero-order valence-electron chi connectivity index (χ0n) is 11.7. The van der Waals surface area contributed by atoms with Crippen LogP contribution in [0, 0.1) is 13.8 Å². The van der Waals surface area contributed by atoms with E-state index in [-0.39, 0.29) is 10.9 Å². The SMILES string of the molecule is COc1nc(C)c(NS(=O)(=O)c2ccc(Br)cc2)c(C)n1. The third kappa shape index (κ3) is 3.51. The maximum Gasteiger partial charge on any atom is 0.316 e. The van der Waals surface area contributed by atoms with Gasteiger partial charge in [-0.25, -0.2) is 8.42 Å². The van der Waals surface area contributed by atoms with Gasteiger partial charge >= 0.3 is 6.01 Å². The van der Waals surface area contributed by atoms with Crippen LogP contribution in [0.15, 0.2) is 33.6 Å². The Balaban J connectivity index is 2.39. The molecule has 2 rings (SSSR count). The van der Waals surface area contributed by atoms with Gasteiger partial charge in [0.05, 0.1) is 29.1 Å². The summed E-state index contributed by atoms with van der Waals surface area (Å²) in [6.45, 7) is 3.38. The molecule has 0 bridgehead atoms. The fourth-order valence-electron chi connectivity index (χ4n) is 1.73. The second-order valence-corrected chi connectivity index (χ2v) is 6.91. The highest BCUT2D eigenvalue weighted by atomic mass is 79.9. The molecule has 0 unspecified atom stereocenters. The number of nitrogens with one attached hydrogen (secondary N) is 1. The number of hydrogen-bond donors (Lipinski definition) is 1. The molecule has 0 atom stereocenters. The van der Waals surface area contributed by atoms with Crippen LogP contribution in [-0.2, 0) is 10.0 Å². The Morgan fingerprint density at radius 3 is 2.10 bits per heavy atom. The first-order chi connectivity index (χ1) is 9.83. The molecule has 0 aliphatic rings. The third-order valence-corrected chi connectivity index (χ3v) is 4.69. The lowest BCUT2D eigenvalue weighted by atomic mass is 10.3. The van der Waals surface area contributed by atoms with Crippen LogP contribution in [0.4, 0.5) is 5.69 Å². The fourth-order valence-corrected chi connectivity index (χ4v) is 3.17. The Labute approximate surface area is 131 Å². The minimum atomic E-state index is -3.69. The van der Waals surface area contributed by atoms with Crippen molar-refractivity contribution in [3.8, 4) is 6.01 Å². The predicted molar refractivity (Wildman–Crippen MR) is 83.0 cm³/mol. The highest BCUT2D eigenvalue weighted by molar-refractivity contribution is 9.10. The van der Waals surface area contributed by atoms with Gasteiger partial charge in [-0.15, -0.1) is 0 Å². The molecular weight excluding hydrogens is 358 g/mol. The van der Waals surface area contributed by atoms with Gasteiger partial charge in [0.2, 0.25) is 0 Å². The zero-order valence-corrected chi connectivity index (χ0v) is 14.1. The summed E-state index contributed by atoms with van der Waals surface area (Å²) in [5.41, 5.74) is 1.36. The molecule has 1 aromatic carbocycles. The van der Waals surface area contributed by atoms with E-state index < -0.39 is 10.0 Å². The van der Waals surface area contributed by atoms with Gasteiger partial charge in [-0.3, -0.25) is 4.72 Å². The van der Waals surface area contributed by atoms with Crippen LogP contribution in [0.25, 0.3) is 0 Å². The van der Waals surface area contributed by atoms with E-state index >= 15 is 0 Å². The molecule has 0 aliphatic carbocycles. The van der Waals surface area contributed by atoms with E-state index in [1.807, 2.05) is 0 Å². The topological polar surface area (TPSA) is 81.2 Å². The molecular formula is C13H14BrN3O3S. The smallest absolute Gasteiger partial charge is 0.316 e. The Bertz CT molecular complexity index is 738. The van der Waals surface area contributed by atoms with E-state index in [0.717, 1.165) is 4.47 Å². The number of hydrogen-bond acceptors (Lipinski definition) is 5. The molecule has 1 aromatic heterocycles. The lowest BCUT2D eigenvalue weighted by Gasteiger charge is -2.13. The third-order valence-electron chi connectivity index (χ3n) is 2.79. The fraction of sp³-hybridized carbons (Fsp3) is 0.231. The maximum atomic E-state index is 12.4. The molecule has 8 heteroatoms. The minimum absolute atomic E-state index is 0.167. The number of rotatable bonds is 4. The van der Waals surface area contributed by atoms with Crippen molar-refractivity contribution in [2.24, 2.45) is 0 Å². The largest absolute Gasteiger partial charge is 0.467 e. The molecule has 0 saturated carbocycles. The van der Waals surface area contributed by atoms with Gasteiger partial charge in [-0.2, -0.15) is 9.97 Å². The van der Waals surface area contributed by atoms with Gasteiger partial charge < -0.3 is 4.74 Å². The summed E-state index contributed by atoms with van der Waals surface area (Å²) in [5, 5.41) is 0. The lowest BCUT2D eigenvalue weighted by molar-refractivity contribution is 0.378. The Kier molecular flexibility index (Phi) is 4.48. The van der Waals surface area contributed by atoms with E-state index in [2.05, 4.69) is 30.6 Å². The minimum Gasteiger partial charge on any atom is -0.467 e. The molecule has 0 fully saturated rings. The molecule has 0 amide bonds. The van der Waals surface area contributed by atoms with E-state index in [1.54, 1.807) is 26.0 Å². The van der Waals surface area contributed by atoms with Crippen molar-refractivity contribution in [1.29, 1.82) is 0 Å². The van der Waals surface area contributed by atoms with Gasteiger partial charge in [-0.1, -0.05) is 15.9 Å². The summed E-state index contributed by atoms with van der Waals surface area (Å²) < 4.78 is 33.0. The van der Waals surface area contributed by atoms with Crippen molar-refractivity contribution in [2.75, 3.05) is 11.8 Å². The summed E-state index contributed by atoms with van der Waals surface area (Å²) in [6.07, 6.45) is 0. The summed E-state index contributed by atoms with van der Waals surface area (Å²) in [7, 11) is -2.23. The monoisotopic (exact) mass is 371 g/mol. The van der Waals surface area contributed by atoms with E-state index in [0.29, 0.717) is 17.1 Å². The van der Waals surface area contributed by atoms with Gasteiger partial charge in [0.15, 0.2) is 0 Å². The number of halogens is 1. The number of benzene rings is 1. The quantitative estimate of drug-likeness (QED) is 0.893. The molecule has 2 aromatic rings. The number of ether oxygens (including phenoxy) is 1. The first kappa shape index (κ1) is 15.7. The van der Waals surface area contributed by atoms with Crippen LogP contribution in [0.3, 0.4) is 0 Å². The van der Waals surface area contributed by atoms with Crippen molar-refractivity contribution < 1.29 is 13.2 Å². The first-order valence-electron chi connectivity index (χ1n) is 6.01. The molecule has 1 heterocycles. The van der Waals surface area contributed by atoms with Crippen molar-refractivity contribution in [3.05, 3.63) is 40.1 Å². The van der Waals surface area contributed by atoms with Crippen molar-refractivity contribution in [2.45, 2.75) is 18.7 Å². The Hall–Kier alpha value is -1.67. The molecule has 1 N–H and O–H groups in total. The molecule has 112 valence electrons. The van der Waals surface area contributed by atoms with Crippen LogP contribution < -0.4 is 9.46 Å². The standard InChI is InChI=1S/C13H14BrN3O3S/c1-8-12(9(2)16-13(15-8)20-3)17-21(18,19)11-6-4-10(14)5-7-11/h4-7,17H,1-3H3. The number of sulfonamides is 1. The summed E-state index contributed by atoms with van der Waals surface area (Å²) in [5.74, 6) is 0. The van der Waals surface area contributed by atoms with Crippen molar-refractivity contribution in [3.63, 3.8) is 0 Å². The second kappa shape index (κ2) is 5.98.